The molecule has 0 radical (unpaired) electrons. The molecule has 0 amide bonds. The zero-order valence-corrected chi connectivity index (χ0v) is 22.6. The third kappa shape index (κ3) is 5.01. The van der Waals surface area contributed by atoms with Crippen molar-refractivity contribution >= 4 is 5.97 Å². The summed E-state index contributed by atoms with van der Waals surface area (Å²) in [5.74, 6) is 0.274. The molecule has 0 saturated heterocycles. The van der Waals surface area contributed by atoms with Gasteiger partial charge in [-0.15, -0.1) is 0 Å². The van der Waals surface area contributed by atoms with Gasteiger partial charge in [-0.25, -0.2) is 9.37 Å². The number of carboxylic acids is 1. The van der Waals surface area contributed by atoms with E-state index in [4.69, 9.17) is 9.47 Å². The Labute approximate surface area is 224 Å². The number of aryl methyl sites for hydroxylation is 1. The molecule has 3 aromatic rings. The van der Waals surface area contributed by atoms with Crippen LogP contribution in [0.5, 0.6) is 11.6 Å². The molecule has 2 aliphatic carbocycles. The van der Waals surface area contributed by atoms with E-state index in [2.05, 4.69) is 31.0 Å². The van der Waals surface area contributed by atoms with Crippen LogP contribution in [0, 0.1) is 11.2 Å². The summed E-state index contributed by atoms with van der Waals surface area (Å²) in [4.78, 5) is 15.5. The van der Waals surface area contributed by atoms with Crippen LogP contribution >= 0.6 is 0 Å². The second-order valence-corrected chi connectivity index (χ2v) is 11.8. The maximum atomic E-state index is 15.0. The van der Waals surface area contributed by atoms with Crippen LogP contribution in [-0.4, -0.2) is 23.2 Å². The first-order chi connectivity index (χ1) is 18.1. The van der Waals surface area contributed by atoms with Gasteiger partial charge in [0, 0.05) is 17.0 Å². The number of methoxy groups -OCH3 is 1. The van der Waals surface area contributed by atoms with Crippen molar-refractivity contribution in [3.8, 4) is 22.8 Å². The van der Waals surface area contributed by atoms with Crippen molar-refractivity contribution in [1.29, 1.82) is 0 Å². The molecular formula is C32H36FNO4. The van der Waals surface area contributed by atoms with Gasteiger partial charge < -0.3 is 14.6 Å². The Balaban J connectivity index is 1.46. The van der Waals surface area contributed by atoms with E-state index in [1.165, 1.54) is 18.9 Å². The lowest BCUT2D eigenvalue weighted by Gasteiger charge is -2.30. The van der Waals surface area contributed by atoms with Gasteiger partial charge >= 0.3 is 5.97 Å². The topological polar surface area (TPSA) is 68.7 Å². The van der Waals surface area contributed by atoms with Gasteiger partial charge in [-0.2, -0.15) is 0 Å². The molecule has 1 heterocycles. The Morgan fingerprint density at radius 3 is 2.63 bits per heavy atom. The van der Waals surface area contributed by atoms with Gasteiger partial charge in [-0.3, -0.25) is 4.79 Å². The SMILES string of the molecule is COc1cc(-c2ccc(COc3ccc4c(c3)[C@@](C)(CC(=O)O)CC4)cc2C2CCCC2(C)C)c(F)cn1. The van der Waals surface area contributed by atoms with Gasteiger partial charge in [-0.05, 0) is 77.0 Å². The monoisotopic (exact) mass is 517 g/mol. The molecule has 1 aromatic heterocycles. The van der Waals surface area contributed by atoms with E-state index in [9.17, 15) is 14.3 Å². The van der Waals surface area contributed by atoms with Crippen LogP contribution in [0.1, 0.15) is 81.0 Å². The lowest BCUT2D eigenvalue weighted by Crippen LogP contribution is -2.22. The second kappa shape index (κ2) is 10.0. The number of halogens is 1. The number of aliphatic carboxylic acids is 1. The van der Waals surface area contributed by atoms with E-state index in [-0.39, 0.29) is 23.1 Å². The molecule has 2 aliphatic rings. The molecular weight excluding hydrogens is 481 g/mol. The zero-order valence-electron chi connectivity index (χ0n) is 22.6. The number of ether oxygens (including phenoxy) is 2. The van der Waals surface area contributed by atoms with Gasteiger partial charge in [0.1, 0.15) is 18.2 Å². The number of fused-ring (bicyclic) bond motifs is 1. The summed E-state index contributed by atoms with van der Waals surface area (Å²) in [7, 11) is 1.54. The Morgan fingerprint density at radius 1 is 1.11 bits per heavy atom. The third-order valence-electron chi connectivity index (χ3n) is 8.70. The quantitative estimate of drug-likeness (QED) is 0.336. The van der Waals surface area contributed by atoms with E-state index < -0.39 is 5.97 Å². The number of carbonyl (C=O) groups is 1. The summed E-state index contributed by atoms with van der Waals surface area (Å²) >= 11 is 0. The molecule has 1 saturated carbocycles. The lowest BCUT2D eigenvalue weighted by molar-refractivity contribution is -0.138. The third-order valence-corrected chi connectivity index (χ3v) is 8.70. The fourth-order valence-electron chi connectivity index (χ4n) is 6.53. The first-order valence-electron chi connectivity index (χ1n) is 13.4. The number of benzene rings is 2. The molecule has 6 heteroatoms. The molecule has 2 aromatic carbocycles. The van der Waals surface area contributed by atoms with Crippen molar-refractivity contribution < 1.29 is 23.8 Å². The smallest absolute Gasteiger partial charge is 0.304 e. The molecule has 38 heavy (non-hydrogen) atoms. The Morgan fingerprint density at radius 2 is 1.92 bits per heavy atom. The van der Waals surface area contributed by atoms with Gasteiger partial charge in [0.15, 0.2) is 0 Å². The fourth-order valence-corrected chi connectivity index (χ4v) is 6.53. The van der Waals surface area contributed by atoms with Crippen molar-refractivity contribution in [3.05, 3.63) is 76.7 Å². The van der Waals surface area contributed by atoms with Crippen LogP contribution in [0.15, 0.2) is 48.7 Å². The first kappa shape index (κ1) is 26.2. The van der Waals surface area contributed by atoms with Crippen LogP contribution in [0.4, 0.5) is 4.39 Å². The normalized spacial score (nSPS) is 21.8. The maximum absolute atomic E-state index is 15.0. The maximum Gasteiger partial charge on any atom is 0.304 e. The highest BCUT2D eigenvalue weighted by Crippen LogP contribution is 2.51. The number of hydrogen-bond donors (Lipinski definition) is 1. The van der Waals surface area contributed by atoms with Crippen molar-refractivity contribution in [1.82, 2.24) is 4.98 Å². The summed E-state index contributed by atoms with van der Waals surface area (Å²) in [6, 6.07) is 13.9. The van der Waals surface area contributed by atoms with Crippen LogP contribution < -0.4 is 9.47 Å². The number of nitrogens with zero attached hydrogens (tertiary/aromatic N) is 1. The summed E-state index contributed by atoms with van der Waals surface area (Å²) in [6.45, 7) is 6.98. The number of carboxylic acid groups (broad SMARTS) is 1. The molecule has 0 bridgehead atoms. The van der Waals surface area contributed by atoms with Gasteiger partial charge in [0.25, 0.3) is 0 Å². The Bertz CT molecular complexity index is 1370. The highest BCUT2D eigenvalue weighted by atomic mass is 19.1. The second-order valence-electron chi connectivity index (χ2n) is 11.8. The standard InChI is InChI=1S/C32H36FNO4/c1-31(2)12-5-6-26(31)24-14-20(7-10-23(24)25-16-29(37-4)34-18-28(25)33)19-38-22-9-8-21-11-13-32(3,17-30(35)36)27(21)15-22/h7-10,14-16,18,26H,5-6,11-13,17,19H2,1-4H3,(H,35,36)/t26?,32-/m1/s1. The van der Waals surface area contributed by atoms with Crippen molar-refractivity contribution in [2.24, 2.45) is 5.41 Å². The van der Waals surface area contributed by atoms with E-state index in [1.807, 2.05) is 31.2 Å². The van der Waals surface area contributed by atoms with E-state index in [0.717, 1.165) is 60.1 Å². The zero-order chi connectivity index (χ0) is 27.1. The fraction of sp³-hybridized carbons (Fsp3) is 0.438. The minimum absolute atomic E-state index is 0.108. The van der Waals surface area contributed by atoms with E-state index in [0.29, 0.717) is 24.0 Å². The van der Waals surface area contributed by atoms with Crippen molar-refractivity contribution in [2.45, 2.75) is 77.2 Å². The molecule has 1 N–H and O–H groups in total. The summed E-state index contributed by atoms with van der Waals surface area (Å²) < 4.78 is 26.5. The number of hydrogen-bond acceptors (Lipinski definition) is 4. The number of pyridine rings is 1. The molecule has 5 nitrogen and oxygen atoms in total. The van der Waals surface area contributed by atoms with E-state index in [1.54, 1.807) is 6.07 Å². The highest BCUT2D eigenvalue weighted by molar-refractivity contribution is 5.71. The van der Waals surface area contributed by atoms with Crippen molar-refractivity contribution in [2.75, 3.05) is 7.11 Å². The highest BCUT2D eigenvalue weighted by Gasteiger charge is 2.38. The molecule has 1 unspecified atom stereocenters. The molecule has 5 rings (SSSR count). The van der Waals surface area contributed by atoms with Crippen LogP contribution in [0.25, 0.3) is 11.1 Å². The minimum atomic E-state index is -0.780. The minimum Gasteiger partial charge on any atom is -0.489 e. The van der Waals surface area contributed by atoms with Gasteiger partial charge in [0.05, 0.1) is 19.7 Å². The Hall–Kier alpha value is -3.41. The number of rotatable bonds is 8. The molecule has 1 fully saturated rings. The first-order valence-corrected chi connectivity index (χ1v) is 13.4. The largest absolute Gasteiger partial charge is 0.489 e. The summed E-state index contributed by atoms with van der Waals surface area (Å²) in [6.07, 6.45) is 6.38. The lowest BCUT2D eigenvalue weighted by atomic mass is 9.75. The molecule has 0 spiro atoms. The van der Waals surface area contributed by atoms with Crippen LogP contribution in [0.3, 0.4) is 0 Å². The van der Waals surface area contributed by atoms with Crippen LogP contribution in [-0.2, 0) is 23.2 Å². The summed E-state index contributed by atoms with van der Waals surface area (Å²) in [5, 5.41) is 9.42. The predicted octanol–water partition coefficient (Wildman–Crippen LogP) is 7.45. The Kier molecular flexibility index (Phi) is 6.93. The van der Waals surface area contributed by atoms with Gasteiger partial charge in [0.2, 0.25) is 5.88 Å². The average molecular weight is 518 g/mol. The molecule has 200 valence electrons. The number of aromatic nitrogens is 1. The summed E-state index contributed by atoms with van der Waals surface area (Å²) in [5.41, 5.74) is 5.52. The molecule has 0 aliphatic heterocycles. The average Bonchev–Trinajstić information content (AvgIpc) is 3.40. The van der Waals surface area contributed by atoms with Crippen LogP contribution in [0.2, 0.25) is 0 Å². The van der Waals surface area contributed by atoms with Crippen molar-refractivity contribution in [3.63, 3.8) is 0 Å². The van der Waals surface area contributed by atoms with E-state index >= 15 is 0 Å². The predicted molar refractivity (Wildman–Crippen MR) is 145 cm³/mol. The molecule has 2 atom stereocenters. The van der Waals surface area contributed by atoms with Gasteiger partial charge in [-0.1, -0.05) is 51.5 Å².